The second-order valence-corrected chi connectivity index (χ2v) is 7.59. The Morgan fingerprint density at radius 3 is 2.57 bits per heavy atom. The number of carboxylic acids is 1. The number of benzene rings is 1. The van der Waals surface area contributed by atoms with E-state index in [1.54, 1.807) is 0 Å². The van der Waals surface area contributed by atoms with Gasteiger partial charge in [-0.3, -0.25) is 4.79 Å². The Balaban J connectivity index is 1.68. The van der Waals surface area contributed by atoms with Crippen LogP contribution in [0, 0.1) is 17.3 Å². The molecule has 2 saturated carbocycles. The summed E-state index contributed by atoms with van der Waals surface area (Å²) in [7, 11) is 0. The molecule has 114 valence electrons. The van der Waals surface area contributed by atoms with E-state index in [0.29, 0.717) is 11.8 Å². The molecule has 0 radical (unpaired) electrons. The van der Waals surface area contributed by atoms with E-state index in [1.165, 1.54) is 24.0 Å². The Morgan fingerprint density at radius 1 is 1.29 bits per heavy atom. The van der Waals surface area contributed by atoms with Crippen LogP contribution >= 0.6 is 0 Å². The van der Waals surface area contributed by atoms with Gasteiger partial charge < -0.3 is 5.11 Å². The van der Waals surface area contributed by atoms with Gasteiger partial charge in [0.25, 0.3) is 0 Å². The van der Waals surface area contributed by atoms with Gasteiger partial charge in [-0.2, -0.15) is 0 Å². The molecule has 0 aliphatic heterocycles. The molecule has 0 bridgehead atoms. The number of carbonyl (C=O) groups is 1. The van der Waals surface area contributed by atoms with Crippen LogP contribution in [0.1, 0.15) is 63.0 Å². The standard InChI is InChI=1S/C19H26O2/c1-13(2)10-14-5-7-15(8-6-14)16-4-3-9-19(11-16)12-17(19)18(20)21/h5-8,13,16-17H,3-4,9-12H2,1-2H3,(H,20,21)/t16-,17?,19?/m0/s1. The monoisotopic (exact) mass is 286 g/mol. The summed E-state index contributed by atoms with van der Waals surface area (Å²) in [6, 6.07) is 9.08. The zero-order valence-electron chi connectivity index (χ0n) is 13.1. The van der Waals surface area contributed by atoms with E-state index in [1.807, 2.05) is 0 Å². The summed E-state index contributed by atoms with van der Waals surface area (Å²) in [5, 5.41) is 9.25. The first-order valence-corrected chi connectivity index (χ1v) is 8.32. The number of carboxylic acid groups (broad SMARTS) is 1. The van der Waals surface area contributed by atoms with Crippen LogP contribution in [0.3, 0.4) is 0 Å². The van der Waals surface area contributed by atoms with Crippen molar-refractivity contribution in [1.82, 2.24) is 0 Å². The lowest BCUT2D eigenvalue weighted by Gasteiger charge is -2.30. The lowest BCUT2D eigenvalue weighted by Crippen LogP contribution is -2.19. The van der Waals surface area contributed by atoms with Gasteiger partial charge in [-0.15, -0.1) is 0 Å². The number of hydrogen-bond acceptors (Lipinski definition) is 1. The fraction of sp³-hybridized carbons (Fsp3) is 0.632. The van der Waals surface area contributed by atoms with Crippen LogP contribution in [0.5, 0.6) is 0 Å². The second-order valence-electron chi connectivity index (χ2n) is 7.59. The van der Waals surface area contributed by atoms with Gasteiger partial charge in [-0.05, 0) is 60.5 Å². The van der Waals surface area contributed by atoms with Crippen molar-refractivity contribution in [2.24, 2.45) is 17.3 Å². The van der Waals surface area contributed by atoms with Crippen LogP contribution < -0.4 is 0 Å². The lowest BCUT2D eigenvalue weighted by atomic mass is 9.74. The van der Waals surface area contributed by atoms with Gasteiger partial charge in [0.1, 0.15) is 0 Å². The topological polar surface area (TPSA) is 37.3 Å². The average Bonchev–Trinajstić information content (AvgIpc) is 3.13. The minimum atomic E-state index is -0.581. The second kappa shape index (κ2) is 5.47. The van der Waals surface area contributed by atoms with Crippen molar-refractivity contribution in [2.45, 2.75) is 58.3 Å². The fourth-order valence-electron chi connectivity index (χ4n) is 4.28. The Morgan fingerprint density at radius 2 is 2.00 bits per heavy atom. The molecule has 21 heavy (non-hydrogen) atoms. The Hall–Kier alpha value is -1.31. The smallest absolute Gasteiger partial charge is 0.307 e. The Bertz CT molecular complexity index is 517. The third-order valence-corrected chi connectivity index (χ3v) is 5.46. The molecule has 0 amide bonds. The van der Waals surface area contributed by atoms with E-state index < -0.39 is 5.97 Å². The van der Waals surface area contributed by atoms with Crippen LogP contribution in [0.15, 0.2) is 24.3 Å². The average molecular weight is 286 g/mol. The highest BCUT2D eigenvalue weighted by atomic mass is 16.4. The quantitative estimate of drug-likeness (QED) is 0.876. The summed E-state index contributed by atoms with van der Waals surface area (Å²) in [6.07, 6.45) is 6.64. The molecule has 3 rings (SSSR count). The van der Waals surface area contributed by atoms with Crippen molar-refractivity contribution in [1.29, 1.82) is 0 Å². The fourth-order valence-corrected chi connectivity index (χ4v) is 4.28. The van der Waals surface area contributed by atoms with E-state index >= 15 is 0 Å². The van der Waals surface area contributed by atoms with Gasteiger partial charge >= 0.3 is 5.97 Å². The van der Waals surface area contributed by atoms with Crippen LogP contribution in [-0.2, 0) is 11.2 Å². The molecule has 0 aromatic heterocycles. The van der Waals surface area contributed by atoms with E-state index in [9.17, 15) is 9.90 Å². The molecular weight excluding hydrogens is 260 g/mol. The van der Waals surface area contributed by atoms with Crippen molar-refractivity contribution < 1.29 is 9.90 Å². The highest BCUT2D eigenvalue weighted by Crippen LogP contribution is 2.63. The van der Waals surface area contributed by atoms with Gasteiger partial charge in [-0.25, -0.2) is 0 Å². The molecule has 2 fully saturated rings. The summed E-state index contributed by atoms with van der Waals surface area (Å²) >= 11 is 0. The molecule has 1 aromatic rings. The Kier molecular flexibility index (Phi) is 3.81. The maximum Gasteiger partial charge on any atom is 0.307 e. The van der Waals surface area contributed by atoms with Crippen LogP contribution in [0.4, 0.5) is 0 Å². The summed E-state index contributed by atoms with van der Waals surface area (Å²) in [4.78, 5) is 11.2. The van der Waals surface area contributed by atoms with Crippen LogP contribution in [0.2, 0.25) is 0 Å². The van der Waals surface area contributed by atoms with Crippen molar-refractivity contribution >= 4 is 5.97 Å². The third-order valence-electron chi connectivity index (χ3n) is 5.46. The maximum absolute atomic E-state index is 11.2. The van der Waals surface area contributed by atoms with Crippen molar-refractivity contribution in [3.63, 3.8) is 0 Å². The predicted octanol–water partition coefficient (Wildman–Crippen LogP) is 4.63. The number of aliphatic carboxylic acids is 1. The van der Waals surface area contributed by atoms with E-state index in [-0.39, 0.29) is 11.3 Å². The molecule has 2 heteroatoms. The van der Waals surface area contributed by atoms with Gasteiger partial charge in [0.2, 0.25) is 0 Å². The molecule has 1 aromatic carbocycles. The highest BCUT2D eigenvalue weighted by Gasteiger charge is 2.59. The maximum atomic E-state index is 11.2. The van der Waals surface area contributed by atoms with Crippen molar-refractivity contribution in [3.8, 4) is 0 Å². The highest BCUT2D eigenvalue weighted by molar-refractivity contribution is 5.74. The predicted molar refractivity (Wildman–Crippen MR) is 84.4 cm³/mol. The van der Waals surface area contributed by atoms with Gasteiger partial charge in [-0.1, -0.05) is 44.5 Å². The van der Waals surface area contributed by atoms with Gasteiger partial charge in [0.15, 0.2) is 0 Å². The molecule has 1 spiro atoms. The van der Waals surface area contributed by atoms with Crippen LogP contribution in [0.25, 0.3) is 0 Å². The summed E-state index contributed by atoms with van der Waals surface area (Å²) < 4.78 is 0. The molecule has 2 aliphatic carbocycles. The van der Waals surface area contributed by atoms with Crippen molar-refractivity contribution in [3.05, 3.63) is 35.4 Å². The zero-order valence-corrected chi connectivity index (χ0v) is 13.1. The summed E-state index contributed by atoms with van der Waals surface area (Å²) in [5.41, 5.74) is 2.96. The summed E-state index contributed by atoms with van der Waals surface area (Å²) in [6.45, 7) is 4.50. The first-order valence-electron chi connectivity index (χ1n) is 8.32. The van der Waals surface area contributed by atoms with E-state index in [2.05, 4.69) is 38.1 Å². The minimum Gasteiger partial charge on any atom is -0.481 e. The first kappa shape index (κ1) is 14.6. The molecule has 0 heterocycles. The molecular formula is C19H26O2. The normalized spacial score (nSPS) is 31.6. The largest absolute Gasteiger partial charge is 0.481 e. The van der Waals surface area contributed by atoms with Gasteiger partial charge in [0, 0.05) is 0 Å². The third kappa shape index (κ3) is 3.00. The first-order chi connectivity index (χ1) is 10.00. The van der Waals surface area contributed by atoms with Crippen molar-refractivity contribution in [2.75, 3.05) is 0 Å². The minimum absolute atomic E-state index is 0.0690. The SMILES string of the molecule is CC(C)Cc1ccc([C@H]2CCCC3(CC3C(=O)O)C2)cc1. The molecule has 2 nitrogen and oxygen atoms in total. The molecule has 1 N–H and O–H groups in total. The summed E-state index contributed by atoms with van der Waals surface area (Å²) in [5.74, 6) is 0.608. The van der Waals surface area contributed by atoms with Crippen LogP contribution in [-0.4, -0.2) is 11.1 Å². The van der Waals surface area contributed by atoms with E-state index in [4.69, 9.17) is 0 Å². The molecule has 0 saturated heterocycles. The van der Waals surface area contributed by atoms with Gasteiger partial charge in [0.05, 0.1) is 5.92 Å². The molecule has 3 atom stereocenters. The van der Waals surface area contributed by atoms with E-state index in [0.717, 1.165) is 25.7 Å². The Labute approximate surface area is 127 Å². The molecule has 2 unspecified atom stereocenters. The molecule has 2 aliphatic rings. The lowest BCUT2D eigenvalue weighted by molar-refractivity contribution is -0.139. The number of rotatable bonds is 4. The number of hydrogen-bond donors (Lipinski definition) is 1. The zero-order chi connectivity index (χ0) is 15.0.